The van der Waals surface area contributed by atoms with Gasteiger partial charge in [-0.15, -0.1) is 0 Å². The Balaban J connectivity index is 2.94. The molecule has 1 aliphatic heterocycles. The number of rotatable bonds is 6. The number of nitrogens with two attached hydrogens (primary N) is 1. The Morgan fingerprint density at radius 3 is 2.39 bits per heavy atom. The lowest BCUT2D eigenvalue weighted by molar-refractivity contribution is -0.230. The Morgan fingerprint density at radius 1 is 1.39 bits per heavy atom. The van der Waals surface area contributed by atoms with Gasteiger partial charge in [0.2, 0.25) is 18.0 Å². The van der Waals surface area contributed by atoms with Crippen LogP contribution in [0.4, 0.5) is 0 Å². The van der Waals surface area contributed by atoms with E-state index in [0.717, 1.165) is 0 Å². The summed E-state index contributed by atoms with van der Waals surface area (Å²) in [6, 6.07) is 0. The van der Waals surface area contributed by atoms with Gasteiger partial charge in [-0.25, -0.2) is 9.98 Å². The number of aliphatic hydroxyl groups excluding tert-OH is 1. The third-order valence-corrected chi connectivity index (χ3v) is 2.50. The van der Waals surface area contributed by atoms with Gasteiger partial charge in [0.1, 0.15) is 0 Å². The number of hydrogen-bond acceptors (Lipinski definition) is 7. The highest BCUT2D eigenvalue weighted by Gasteiger charge is 2.42. The molecule has 2 unspecified atom stereocenters. The molecule has 2 atom stereocenters. The van der Waals surface area contributed by atoms with Crippen LogP contribution in [0.25, 0.3) is 0 Å². The number of ether oxygens (including phenoxy) is 2. The predicted octanol–water partition coefficient (Wildman–Crippen LogP) is -0.386. The molecule has 1 aliphatic rings. The van der Waals surface area contributed by atoms with E-state index in [0.29, 0.717) is 18.9 Å². The maximum absolute atomic E-state index is 10.5. The molecule has 0 aromatic rings. The quantitative estimate of drug-likeness (QED) is 0.563. The largest absolute Gasteiger partial charge is 0.387 e. The summed E-state index contributed by atoms with van der Waals surface area (Å²) in [5.41, 5.74) is 4.26. The normalized spacial score (nSPS) is 25.9. The van der Waals surface area contributed by atoms with Crippen molar-refractivity contribution in [3.63, 3.8) is 0 Å². The van der Waals surface area contributed by atoms with Gasteiger partial charge in [-0.3, -0.25) is 0 Å². The van der Waals surface area contributed by atoms with Crippen LogP contribution in [-0.4, -0.2) is 53.2 Å². The molecule has 1 rings (SSSR count). The molecule has 7 nitrogen and oxygen atoms in total. The van der Waals surface area contributed by atoms with E-state index < -0.39 is 18.1 Å². The van der Waals surface area contributed by atoms with Gasteiger partial charge < -0.3 is 25.4 Å². The maximum Gasteiger partial charge on any atom is 0.218 e. The lowest BCUT2D eigenvalue weighted by Gasteiger charge is -2.34. The minimum absolute atomic E-state index is 0.0238. The molecule has 1 heterocycles. The van der Waals surface area contributed by atoms with Crippen molar-refractivity contribution in [2.24, 2.45) is 15.7 Å². The summed E-state index contributed by atoms with van der Waals surface area (Å²) in [5, 5.41) is 20.0. The summed E-state index contributed by atoms with van der Waals surface area (Å²) in [4.78, 5) is 7.79. The van der Waals surface area contributed by atoms with Crippen LogP contribution in [0, 0.1) is 0 Å². The molecule has 0 fully saturated rings. The van der Waals surface area contributed by atoms with Crippen molar-refractivity contribution in [2.75, 3.05) is 13.2 Å². The molecule has 104 valence electrons. The molecule has 0 aliphatic carbocycles. The van der Waals surface area contributed by atoms with Crippen LogP contribution in [0.2, 0.25) is 0 Å². The minimum Gasteiger partial charge on any atom is -0.387 e. The summed E-state index contributed by atoms with van der Waals surface area (Å²) in [6.45, 7) is 5.85. The molecule has 0 radical (unpaired) electrons. The lowest BCUT2D eigenvalue weighted by Crippen LogP contribution is -2.50. The first kappa shape index (κ1) is 15.0. The Bertz CT molecular complexity index is 337. The molecule has 4 N–H and O–H groups in total. The predicted molar refractivity (Wildman–Crippen MR) is 67.3 cm³/mol. The van der Waals surface area contributed by atoms with Crippen molar-refractivity contribution in [3.05, 3.63) is 0 Å². The van der Waals surface area contributed by atoms with Crippen LogP contribution in [-0.2, 0) is 9.47 Å². The van der Waals surface area contributed by atoms with Gasteiger partial charge in [0.05, 0.1) is 11.8 Å². The molecule has 7 heteroatoms. The average molecular weight is 259 g/mol. The summed E-state index contributed by atoms with van der Waals surface area (Å²) in [6.07, 6.45) is -1.72. The molecule has 0 bridgehead atoms. The highest BCUT2D eigenvalue weighted by molar-refractivity contribution is 6.01. The maximum atomic E-state index is 10.5. The fraction of sp³-hybridized carbons (Fsp3) is 0.818. The molecule has 0 amide bonds. The third-order valence-electron chi connectivity index (χ3n) is 2.50. The Labute approximate surface area is 106 Å². The molecule has 18 heavy (non-hydrogen) atoms. The first-order valence-electron chi connectivity index (χ1n) is 5.99. The first-order valence-corrected chi connectivity index (χ1v) is 5.99. The first-order chi connectivity index (χ1) is 8.42. The Kier molecular flexibility index (Phi) is 5.21. The van der Waals surface area contributed by atoms with E-state index in [2.05, 4.69) is 9.98 Å². The SMILES string of the molecule is CCOC(OCC)C1(O)CC(C(C)O)=NC(N)=N1. The fourth-order valence-corrected chi connectivity index (χ4v) is 1.71. The van der Waals surface area contributed by atoms with Gasteiger partial charge in [-0.05, 0) is 20.8 Å². The Morgan fingerprint density at radius 2 is 1.94 bits per heavy atom. The van der Waals surface area contributed by atoms with Crippen molar-refractivity contribution >= 4 is 11.7 Å². The molecular formula is C11H21N3O4. The molecule has 0 saturated carbocycles. The van der Waals surface area contributed by atoms with E-state index in [-0.39, 0.29) is 12.4 Å². The van der Waals surface area contributed by atoms with Gasteiger partial charge in [0.15, 0.2) is 0 Å². The van der Waals surface area contributed by atoms with Crippen LogP contribution < -0.4 is 5.73 Å². The minimum atomic E-state index is -1.65. The molecule has 0 spiro atoms. The second-order valence-corrected chi connectivity index (χ2v) is 4.05. The van der Waals surface area contributed by atoms with Gasteiger partial charge >= 0.3 is 0 Å². The number of guanidine groups is 1. The standard InChI is InChI=1S/C11H21N3O4/c1-4-17-9(18-5-2)11(16)6-8(7(3)15)13-10(12)14-11/h7,9,15-16H,4-6H2,1-3H3,(H2,12,14). The van der Waals surface area contributed by atoms with E-state index in [1.54, 1.807) is 20.8 Å². The topological polar surface area (TPSA) is 110 Å². The van der Waals surface area contributed by atoms with Gasteiger partial charge in [0.25, 0.3) is 0 Å². The summed E-state index contributed by atoms with van der Waals surface area (Å²) in [5.74, 6) is -0.0935. The van der Waals surface area contributed by atoms with E-state index >= 15 is 0 Å². The second kappa shape index (κ2) is 6.24. The van der Waals surface area contributed by atoms with Crippen molar-refractivity contribution in [1.29, 1.82) is 0 Å². The monoisotopic (exact) mass is 259 g/mol. The molecule has 0 aromatic carbocycles. The van der Waals surface area contributed by atoms with E-state index in [4.69, 9.17) is 15.2 Å². The van der Waals surface area contributed by atoms with Crippen LogP contribution in [0.5, 0.6) is 0 Å². The van der Waals surface area contributed by atoms with E-state index in [1.807, 2.05) is 0 Å². The smallest absolute Gasteiger partial charge is 0.218 e. The zero-order valence-corrected chi connectivity index (χ0v) is 11.0. The van der Waals surface area contributed by atoms with Gasteiger partial charge in [-0.2, -0.15) is 0 Å². The van der Waals surface area contributed by atoms with Crippen LogP contribution in [0.15, 0.2) is 9.98 Å². The summed E-state index contributed by atoms with van der Waals surface area (Å²) in [7, 11) is 0. The summed E-state index contributed by atoms with van der Waals surface area (Å²) >= 11 is 0. The third kappa shape index (κ3) is 3.49. The van der Waals surface area contributed by atoms with Crippen molar-refractivity contribution in [3.8, 4) is 0 Å². The van der Waals surface area contributed by atoms with E-state index in [9.17, 15) is 10.2 Å². The van der Waals surface area contributed by atoms with Crippen LogP contribution in [0.3, 0.4) is 0 Å². The van der Waals surface area contributed by atoms with Crippen molar-refractivity contribution in [2.45, 2.75) is 45.3 Å². The van der Waals surface area contributed by atoms with Crippen molar-refractivity contribution < 1.29 is 19.7 Å². The van der Waals surface area contributed by atoms with Crippen LogP contribution >= 0.6 is 0 Å². The van der Waals surface area contributed by atoms with Gasteiger partial charge in [0, 0.05) is 19.6 Å². The number of aliphatic imine (C=N–C) groups is 2. The molecular weight excluding hydrogens is 238 g/mol. The van der Waals surface area contributed by atoms with Crippen LogP contribution in [0.1, 0.15) is 27.2 Å². The van der Waals surface area contributed by atoms with Crippen molar-refractivity contribution in [1.82, 2.24) is 0 Å². The van der Waals surface area contributed by atoms with Gasteiger partial charge in [-0.1, -0.05) is 0 Å². The zero-order valence-electron chi connectivity index (χ0n) is 11.0. The second-order valence-electron chi connectivity index (χ2n) is 4.05. The number of aliphatic hydroxyl groups is 2. The Hall–Kier alpha value is -1.02. The molecule has 0 saturated heterocycles. The zero-order chi connectivity index (χ0) is 13.8. The summed E-state index contributed by atoms with van der Waals surface area (Å²) < 4.78 is 10.7. The molecule has 0 aromatic heterocycles. The highest BCUT2D eigenvalue weighted by Crippen LogP contribution is 2.26. The van der Waals surface area contributed by atoms with E-state index in [1.165, 1.54) is 0 Å². The lowest BCUT2D eigenvalue weighted by atomic mass is 10.0. The fourth-order valence-electron chi connectivity index (χ4n) is 1.71. The number of hydrogen-bond donors (Lipinski definition) is 3. The average Bonchev–Trinajstić information content (AvgIpc) is 2.27. The highest BCUT2D eigenvalue weighted by atomic mass is 16.7. The number of nitrogens with zero attached hydrogens (tertiary/aromatic N) is 2.